The summed E-state index contributed by atoms with van der Waals surface area (Å²) < 4.78 is 11.2. The minimum absolute atomic E-state index is 0.0574. The number of ether oxygens (including phenoxy) is 2. The van der Waals surface area contributed by atoms with Gasteiger partial charge >= 0.3 is 0 Å². The lowest BCUT2D eigenvalue weighted by Crippen LogP contribution is -2.24. The predicted molar refractivity (Wildman–Crippen MR) is 105 cm³/mol. The molecule has 1 aliphatic heterocycles. The summed E-state index contributed by atoms with van der Waals surface area (Å²) in [5.74, 6) is 1.67. The van der Waals surface area contributed by atoms with Gasteiger partial charge in [-0.05, 0) is 67.3 Å². The first-order chi connectivity index (χ1) is 13.2. The van der Waals surface area contributed by atoms with Crippen LogP contribution < -0.4 is 14.8 Å². The van der Waals surface area contributed by atoms with Crippen LogP contribution in [0.25, 0.3) is 0 Å². The molecular weight excluding hydrogens is 340 g/mol. The van der Waals surface area contributed by atoms with Crippen LogP contribution in [0.1, 0.15) is 29.5 Å². The molecular formula is C22H26N2O3. The summed E-state index contributed by atoms with van der Waals surface area (Å²) in [5, 5.41) is 3.03. The number of anilines is 1. The number of rotatable bonds is 6. The van der Waals surface area contributed by atoms with Crippen molar-refractivity contribution in [2.75, 3.05) is 32.1 Å². The molecule has 0 saturated heterocycles. The Morgan fingerprint density at radius 2 is 1.85 bits per heavy atom. The largest absolute Gasteiger partial charge is 0.486 e. The minimum atomic E-state index is 0.0574. The zero-order valence-corrected chi connectivity index (χ0v) is 15.8. The second kappa shape index (κ2) is 8.01. The molecule has 2 aliphatic rings. The number of hydrogen-bond acceptors (Lipinski definition) is 4. The lowest BCUT2D eigenvalue weighted by molar-refractivity contribution is -0.116. The second-order valence-corrected chi connectivity index (χ2v) is 7.35. The third-order valence-electron chi connectivity index (χ3n) is 5.16. The highest BCUT2D eigenvalue weighted by Gasteiger charge is 2.14. The van der Waals surface area contributed by atoms with Crippen molar-refractivity contribution in [2.24, 2.45) is 0 Å². The summed E-state index contributed by atoms with van der Waals surface area (Å²) in [7, 11) is 2.03. The van der Waals surface area contributed by atoms with Crippen molar-refractivity contribution in [3.8, 4) is 11.5 Å². The molecule has 142 valence electrons. The Bertz CT molecular complexity index is 834. The molecule has 5 heteroatoms. The third kappa shape index (κ3) is 4.42. The van der Waals surface area contributed by atoms with Crippen LogP contribution in [-0.4, -0.2) is 37.6 Å². The average Bonchev–Trinajstić information content (AvgIpc) is 3.14. The molecule has 5 nitrogen and oxygen atoms in total. The van der Waals surface area contributed by atoms with E-state index in [1.54, 1.807) is 0 Å². The van der Waals surface area contributed by atoms with Crippen molar-refractivity contribution in [3.63, 3.8) is 0 Å². The van der Waals surface area contributed by atoms with Crippen LogP contribution in [0.4, 0.5) is 5.69 Å². The fraction of sp³-hybridized carbons (Fsp3) is 0.409. The van der Waals surface area contributed by atoms with Gasteiger partial charge in [0.15, 0.2) is 11.5 Å². The highest BCUT2D eigenvalue weighted by atomic mass is 16.6. The number of aryl methyl sites for hydroxylation is 2. The third-order valence-corrected chi connectivity index (χ3v) is 5.16. The fourth-order valence-electron chi connectivity index (χ4n) is 3.74. The number of carbonyl (C=O) groups is 1. The molecule has 0 fully saturated rings. The van der Waals surface area contributed by atoms with Crippen LogP contribution in [0.3, 0.4) is 0 Å². The van der Waals surface area contributed by atoms with Crippen molar-refractivity contribution in [1.82, 2.24) is 4.90 Å². The van der Waals surface area contributed by atoms with Gasteiger partial charge in [-0.2, -0.15) is 0 Å². The summed E-state index contributed by atoms with van der Waals surface area (Å²) in [6, 6.07) is 12.3. The molecule has 0 bridgehead atoms. The van der Waals surface area contributed by atoms with Gasteiger partial charge in [0, 0.05) is 25.2 Å². The summed E-state index contributed by atoms with van der Waals surface area (Å²) >= 11 is 0. The van der Waals surface area contributed by atoms with E-state index in [0.717, 1.165) is 42.1 Å². The number of nitrogens with zero attached hydrogens (tertiary/aromatic N) is 1. The zero-order chi connectivity index (χ0) is 18.6. The van der Waals surface area contributed by atoms with E-state index in [2.05, 4.69) is 28.4 Å². The van der Waals surface area contributed by atoms with Gasteiger partial charge in [-0.15, -0.1) is 0 Å². The molecule has 1 heterocycles. The Morgan fingerprint density at radius 1 is 1.04 bits per heavy atom. The maximum Gasteiger partial charge on any atom is 0.225 e. The first-order valence-electron chi connectivity index (χ1n) is 9.66. The topological polar surface area (TPSA) is 50.8 Å². The Hall–Kier alpha value is -2.53. The van der Waals surface area contributed by atoms with Gasteiger partial charge in [0.2, 0.25) is 5.91 Å². The summed E-state index contributed by atoms with van der Waals surface area (Å²) in [5.41, 5.74) is 4.87. The molecule has 2 aromatic rings. The quantitative estimate of drug-likeness (QED) is 0.851. The minimum Gasteiger partial charge on any atom is -0.486 e. The van der Waals surface area contributed by atoms with Crippen LogP contribution >= 0.6 is 0 Å². The molecule has 4 rings (SSSR count). The number of carbonyl (C=O) groups excluding carboxylic acids is 1. The smallest absolute Gasteiger partial charge is 0.225 e. The predicted octanol–water partition coefficient (Wildman–Crippen LogP) is 3.41. The van der Waals surface area contributed by atoms with E-state index in [0.29, 0.717) is 26.2 Å². The van der Waals surface area contributed by atoms with E-state index in [1.165, 1.54) is 17.5 Å². The van der Waals surface area contributed by atoms with E-state index in [1.807, 2.05) is 25.2 Å². The highest BCUT2D eigenvalue weighted by Crippen LogP contribution is 2.31. The first kappa shape index (κ1) is 17.9. The second-order valence-electron chi connectivity index (χ2n) is 7.35. The number of hydrogen-bond donors (Lipinski definition) is 1. The Labute approximate surface area is 160 Å². The zero-order valence-electron chi connectivity index (χ0n) is 15.8. The molecule has 1 N–H and O–H groups in total. The monoisotopic (exact) mass is 366 g/mol. The van der Waals surface area contributed by atoms with Gasteiger partial charge < -0.3 is 19.7 Å². The lowest BCUT2D eigenvalue weighted by Gasteiger charge is -2.21. The van der Waals surface area contributed by atoms with Gasteiger partial charge in [-0.1, -0.05) is 12.1 Å². The molecule has 0 spiro atoms. The number of fused-ring (bicyclic) bond motifs is 2. The van der Waals surface area contributed by atoms with Gasteiger partial charge in [0.05, 0.1) is 0 Å². The molecule has 1 aliphatic carbocycles. The van der Waals surface area contributed by atoms with E-state index >= 15 is 0 Å². The first-order valence-corrected chi connectivity index (χ1v) is 9.66. The Kier molecular flexibility index (Phi) is 5.30. The van der Waals surface area contributed by atoms with E-state index in [-0.39, 0.29) is 5.91 Å². The van der Waals surface area contributed by atoms with Crippen LogP contribution in [0.2, 0.25) is 0 Å². The van der Waals surface area contributed by atoms with Crippen molar-refractivity contribution < 1.29 is 14.3 Å². The maximum absolute atomic E-state index is 12.3. The number of nitrogens with one attached hydrogen (secondary N) is 1. The average molecular weight is 366 g/mol. The molecule has 0 atom stereocenters. The summed E-state index contributed by atoms with van der Waals surface area (Å²) in [4.78, 5) is 14.4. The van der Waals surface area contributed by atoms with Gasteiger partial charge in [-0.25, -0.2) is 0 Å². The summed E-state index contributed by atoms with van der Waals surface area (Å²) in [6.07, 6.45) is 3.97. The Morgan fingerprint density at radius 3 is 2.74 bits per heavy atom. The normalized spacial score (nSPS) is 14.9. The van der Waals surface area contributed by atoms with Gasteiger partial charge in [-0.3, -0.25) is 4.79 Å². The molecule has 27 heavy (non-hydrogen) atoms. The Balaban J connectivity index is 1.26. The lowest BCUT2D eigenvalue weighted by atomic mass is 10.1. The van der Waals surface area contributed by atoms with E-state index < -0.39 is 0 Å². The molecule has 0 unspecified atom stereocenters. The molecule has 0 saturated carbocycles. The van der Waals surface area contributed by atoms with Crippen molar-refractivity contribution in [1.29, 1.82) is 0 Å². The van der Waals surface area contributed by atoms with Crippen molar-refractivity contribution in [3.05, 3.63) is 53.1 Å². The fourth-order valence-corrected chi connectivity index (χ4v) is 3.74. The van der Waals surface area contributed by atoms with Crippen molar-refractivity contribution >= 4 is 11.6 Å². The van der Waals surface area contributed by atoms with Crippen LogP contribution in [0.15, 0.2) is 36.4 Å². The van der Waals surface area contributed by atoms with Crippen molar-refractivity contribution in [2.45, 2.75) is 32.2 Å². The summed E-state index contributed by atoms with van der Waals surface area (Å²) in [6.45, 7) is 2.66. The van der Waals surface area contributed by atoms with Crippen LogP contribution in [0.5, 0.6) is 11.5 Å². The standard InChI is InChI=1S/C22H26N2O3/c1-24(15-16-5-8-20-21(13-16)27-12-11-26-20)10-9-22(25)23-19-7-6-17-3-2-4-18(17)14-19/h5-8,13-14H,2-4,9-12,15H2,1H3,(H,23,25). The number of amides is 1. The maximum atomic E-state index is 12.3. The SMILES string of the molecule is CN(CCC(=O)Nc1ccc2c(c1)CCC2)Cc1ccc2c(c1)OCCO2. The van der Waals surface area contributed by atoms with E-state index in [9.17, 15) is 4.79 Å². The molecule has 0 aromatic heterocycles. The highest BCUT2D eigenvalue weighted by molar-refractivity contribution is 5.91. The number of benzene rings is 2. The van der Waals surface area contributed by atoms with Gasteiger partial charge in [0.25, 0.3) is 0 Å². The van der Waals surface area contributed by atoms with Crippen LogP contribution in [0, 0.1) is 0 Å². The van der Waals surface area contributed by atoms with Crippen LogP contribution in [-0.2, 0) is 24.2 Å². The molecule has 1 amide bonds. The van der Waals surface area contributed by atoms with Gasteiger partial charge in [0.1, 0.15) is 13.2 Å². The van der Waals surface area contributed by atoms with E-state index in [4.69, 9.17) is 9.47 Å². The molecule has 0 radical (unpaired) electrons. The molecule has 2 aromatic carbocycles.